The summed E-state index contributed by atoms with van der Waals surface area (Å²) in [6.07, 6.45) is 1.97. The Morgan fingerprint density at radius 1 is 1.36 bits per heavy atom. The fraction of sp³-hybridized carbons (Fsp3) is 0.562. The fourth-order valence-corrected chi connectivity index (χ4v) is 2.37. The third-order valence-electron chi connectivity index (χ3n) is 3.53. The van der Waals surface area contributed by atoms with Crippen LogP contribution in [0.4, 0.5) is 5.69 Å². The first kappa shape index (κ1) is 18.1. The van der Waals surface area contributed by atoms with Crippen LogP contribution in [0.15, 0.2) is 24.3 Å². The molecule has 0 bridgehead atoms. The summed E-state index contributed by atoms with van der Waals surface area (Å²) in [6.45, 7) is 7.30. The maximum Gasteiger partial charge on any atom is 0.273 e. The molecule has 1 amide bonds. The molecule has 0 aliphatic heterocycles. The van der Waals surface area contributed by atoms with Crippen LogP contribution in [0.5, 0.6) is 0 Å². The molecule has 0 spiro atoms. The Bertz CT molecular complexity index is 505. The van der Waals surface area contributed by atoms with Gasteiger partial charge in [-0.2, -0.15) is 0 Å². The summed E-state index contributed by atoms with van der Waals surface area (Å²) >= 11 is 0. The Labute approximate surface area is 131 Å². The topological polar surface area (TPSA) is 75.5 Å². The van der Waals surface area contributed by atoms with Crippen LogP contribution in [0, 0.1) is 10.1 Å². The molecule has 0 aromatic heterocycles. The minimum atomic E-state index is -0.382. The van der Waals surface area contributed by atoms with Gasteiger partial charge in [-0.25, -0.2) is 0 Å². The van der Waals surface area contributed by atoms with E-state index in [9.17, 15) is 14.9 Å². The van der Waals surface area contributed by atoms with Crippen molar-refractivity contribution < 1.29 is 9.72 Å². The highest BCUT2D eigenvalue weighted by Crippen LogP contribution is 2.19. The zero-order valence-corrected chi connectivity index (χ0v) is 13.5. The van der Waals surface area contributed by atoms with Crippen molar-refractivity contribution in [3.05, 3.63) is 39.9 Å². The van der Waals surface area contributed by atoms with E-state index in [-0.39, 0.29) is 29.1 Å². The summed E-state index contributed by atoms with van der Waals surface area (Å²) in [5.41, 5.74) is 0.726. The predicted octanol–water partition coefficient (Wildman–Crippen LogP) is 2.72. The molecule has 6 nitrogen and oxygen atoms in total. The second-order valence-electron chi connectivity index (χ2n) is 5.45. The van der Waals surface area contributed by atoms with Crippen molar-refractivity contribution in [1.82, 2.24) is 10.2 Å². The van der Waals surface area contributed by atoms with Crippen molar-refractivity contribution in [3.63, 3.8) is 0 Å². The van der Waals surface area contributed by atoms with Crippen molar-refractivity contribution in [3.8, 4) is 0 Å². The zero-order chi connectivity index (χ0) is 16.5. The number of hydrogen-bond acceptors (Lipinski definition) is 4. The second-order valence-corrected chi connectivity index (χ2v) is 5.45. The van der Waals surface area contributed by atoms with E-state index < -0.39 is 0 Å². The molecule has 1 rings (SSSR count). The van der Waals surface area contributed by atoms with Gasteiger partial charge in [-0.1, -0.05) is 38.5 Å². The summed E-state index contributed by atoms with van der Waals surface area (Å²) in [6, 6.07) is 6.81. The highest BCUT2D eigenvalue weighted by Gasteiger charge is 2.17. The Kier molecular flexibility index (Phi) is 7.52. The molecule has 0 saturated heterocycles. The molecule has 0 radical (unpaired) electrons. The van der Waals surface area contributed by atoms with E-state index in [2.05, 4.69) is 12.2 Å². The number of carbonyl (C=O) groups is 1. The molecule has 1 aromatic carbocycles. The molecule has 22 heavy (non-hydrogen) atoms. The van der Waals surface area contributed by atoms with E-state index in [0.29, 0.717) is 18.7 Å². The number of para-hydroxylation sites is 1. The Hall–Kier alpha value is -1.95. The number of nitrogens with zero attached hydrogens (tertiary/aromatic N) is 2. The maximum atomic E-state index is 12.0. The van der Waals surface area contributed by atoms with E-state index in [1.54, 1.807) is 18.2 Å². The smallest absolute Gasteiger partial charge is 0.273 e. The van der Waals surface area contributed by atoms with Crippen molar-refractivity contribution in [2.24, 2.45) is 0 Å². The lowest BCUT2D eigenvalue weighted by atomic mass is 10.1. The van der Waals surface area contributed by atoms with Gasteiger partial charge in [0.15, 0.2) is 0 Å². The van der Waals surface area contributed by atoms with Crippen LogP contribution < -0.4 is 5.32 Å². The van der Waals surface area contributed by atoms with Crippen molar-refractivity contribution in [2.75, 3.05) is 13.1 Å². The Morgan fingerprint density at radius 3 is 2.64 bits per heavy atom. The minimum Gasteiger partial charge on any atom is -0.353 e. The SMILES string of the molecule is CCC[C@H](C)NC(=O)CN(CC)Cc1ccccc1[N+](=O)[O-]. The molecule has 0 aliphatic rings. The monoisotopic (exact) mass is 307 g/mol. The zero-order valence-electron chi connectivity index (χ0n) is 13.5. The summed E-state index contributed by atoms with van der Waals surface area (Å²) < 4.78 is 0. The third-order valence-corrected chi connectivity index (χ3v) is 3.53. The van der Waals surface area contributed by atoms with Crippen LogP contribution in [0.3, 0.4) is 0 Å². The van der Waals surface area contributed by atoms with Gasteiger partial charge in [0.2, 0.25) is 5.91 Å². The predicted molar refractivity (Wildman–Crippen MR) is 86.6 cm³/mol. The van der Waals surface area contributed by atoms with Crippen LogP contribution in [0.1, 0.15) is 39.2 Å². The highest BCUT2D eigenvalue weighted by atomic mass is 16.6. The first-order valence-electron chi connectivity index (χ1n) is 7.71. The molecule has 1 aromatic rings. The molecule has 0 heterocycles. The third kappa shape index (κ3) is 5.81. The Balaban J connectivity index is 2.66. The molecule has 1 atom stereocenters. The normalized spacial score (nSPS) is 12.2. The highest BCUT2D eigenvalue weighted by molar-refractivity contribution is 5.78. The van der Waals surface area contributed by atoms with Crippen LogP contribution in [-0.4, -0.2) is 34.9 Å². The number of nitro groups is 1. The minimum absolute atomic E-state index is 0.0404. The molecule has 0 unspecified atom stereocenters. The van der Waals surface area contributed by atoms with Crippen molar-refractivity contribution >= 4 is 11.6 Å². The van der Waals surface area contributed by atoms with Gasteiger partial charge < -0.3 is 5.32 Å². The lowest BCUT2D eigenvalue weighted by Gasteiger charge is -2.21. The number of carbonyl (C=O) groups excluding carboxylic acids is 1. The van der Waals surface area contributed by atoms with Crippen LogP contribution in [0.2, 0.25) is 0 Å². The number of rotatable bonds is 9. The average Bonchev–Trinajstić information content (AvgIpc) is 2.46. The molecule has 1 N–H and O–H groups in total. The molecule has 0 fully saturated rings. The van der Waals surface area contributed by atoms with Gasteiger partial charge in [0.25, 0.3) is 5.69 Å². The van der Waals surface area contributed by atoms with Crippen LogP contribution in [0.25, 0.3) is 0 Å². The Morgan fingerprint density at radius 2 is 2.05 bits per heavy atom. The lowest BCUT2D eigenvalue weighted by molar-refractivity contribution is -0.385. The van der Waals surface area contributed by atoms with E-state index in [4.69, 9.17) is 0 Å². The average molecular weight is 307 g/mol. The fourth-order valence-electron chi connectivity index (χ4n) is 2.37. The van der Waals surface area contributed by atoms with E-state index in [1.807, 2.05) is 18.7 Å². The molecule has 6 heteroatoms. The van der Waals surface area contributed by atoms with Crippen molar-refractivity contribution in [2.45, 2.75) is 46.2 Å². The lowest BCUT2D eigenvalue weighted by Crippen LogP contribution is -2.40. The first-order valence-corrected chi connectivity index (χ1v) is 7.71. The standard InChI is InChI=1S/C16H25N3O3/c1-4-8-13(3)17-16(20)12-18(5-2)11-14-9-6-7-10-15(14)19(21)22/h6-7,9-10,13H,4-5,8,11-12H2,1-3H3,(H,17,20)/t13-/m0/s1. The second kappa shape index (κ2) is 9.15. The first-order chi connectivity index (χ1) is 10.5. The van der Waals surface area contributed by atoms with Gasteiger partial charge in [0.1, 0.15) is 0 Å². The van der Waals surface area contributed by atoms with E-state index in [1.165, 1.54) is 6.07 Å². The number of hydrogen-bond donors (Lipinski definition) is 1. The summed E-state index contributed by atoms with van der Waals surface area (Å²) in [7, 11) is 0. The summed E-state index contributed by atoms with van der Waals surface area (Å²) in [4.78, 5) is 24.6. The molecule has 0 aliphatic carbocycles. The van der Waals surface area contributed by atoms with E-state index in [0.717, 1.165) is 12.8 Å². The van der Waals surface area contributed by atoms with Gasteiger partial charge >= 0.3 is 0 Å². The molecular formula is C16H25N3O3. The molecule has 0 saturated carbocycles. The summed E-state index contributed by atoms with van der Waals surface area (Å²) in [5.74, 6) is -0.0404. The van der Waals surface area contributed by atoms with Crippen molar-refractivity contribution in [1.29, 1.82) is 0 Å². The largest absolute Gasteiger partial charge is 0.353 e. The number of nitro benzene ring substituents is 1. The number of likely N-dealkylation sites (N-methyl/N-ethyl adjacent to an activating group) is 1. The van der Waals surface area contributed by atoms with Gasteiger partial charge in [-0.05, 0) is 19.9 Å². The van der Waals surface area contributed by atoms with Gasteiger partial charge in [-0.15, -0.1) is 0 Å². The van der Waals surface area contributed by atoms with E-state index >= 15 is 0 Å². The quantitative estimate of drug-likeness (QED) is 0.562. The van der Waals surface area contributed by atoms with Crippen LogP contribution in [-0.2, 0) is 11.3 Å². The molecular weight excluding hydrogens is 282 g/mol. The summed E-state index contributed by atoms with van der Waals surface area (Å²) in [5, 5.41) is 14.0. The number of nitrogens with one attached hydrogen (secondary N) is 1. The number of amides is 1. The van der Waals surface area contributed by atoms with Gasteiger partial charge in [0.05, 0.1) is 11.5 Å². The van der Waals surface area contributed by atoms with Gasteiger partial charge in [0, 0.05) is 24.2 Å². The van der Waals surface area contributed by atoms with Crippen LogP contribution >= 0.6 is 0 Å². The van der Waals surface area contributed by atoms with Gasteiger partial charge in [-0.3, -0.25) is 19.8 Å². The maximum absolute atomic E-state index is 12.0. The number of benzene rings is 1. The molecule has 122 valence electrons.